The van der Waals surface area contributed by atoms with Gasteiger partial charge in [-0.15, -0.1) is 6.58 Å². The van der Waals surface area contributed by atoms with Crippen molar-refractivity contribution in [3.05, 3.63) is 48.6 Å². The van der Waals surface area contributed by atoms with Gasteiger partial charge in [0.2, 0.25) is 0 Å². The first-order chi connectivity index (χ1) is 9.61. The van der Waals surface area contributed by atoms with Crippen molar-refractivity contribution >= 4 is 0 Å². The maximum atomic E-state index is 11.3. The molecule has 0 heterocycles. The highest BCUT2D eigenvalue weighted by Gasteiger charge is 2.61. The topological polar surface area (TPSA) is 20.2 Å². The summed E-state index contributed by atoms with van der Waals surface area (Å²) in [6.45, 7) is 6.27. The van der Waals surface area contributed by atoms with Crippen molar-refractivity contribution in [1.82, 2.24) is 0 Å². The van der Waals surface area contributed by atoms with Gasteiger partial charge in [-0.3, -0.25) is 0 Å². The molecule has 2 aliphatic carbocycles. The Kier molecular flexibility index (Phi) is 3.50. The Balaban J connectivity index is 1.83. The van der Waals surface area contributed by atoms with Crippen LogP contribution in [0.3, 0.4) is 0 Å². The van der Waals surface area contributed by atoms with E-state index >= 15 is 0 Å². The quantitative estimate of drug-likeness (QED) is 0.801. The van der Waals surface area contributed by atoms with Crippen LogP contribution < -0.4 is 0 Å². The minimum atomic E-state index is -0.676. The van der Waals surface area contributed by atoms with Gasteiger partial charge in [-0.1, -0.05) is 62.6 Å². The van der Waals surface area contributed by atoms with Crippen molar-refractivity contribution in [1.29, 1.82) is 0 Å². The van der Waals surface area contributed by atoms with Crippen molar-refractivity contribution in [2.24, 2.45) is 11.8 Å². The molecule has 1 N–H and O–H groups in total. The summed E-state index contributed by atoms with van der Waals surface area (Å²) in [5, 5.41) is 11.3. The second-order valence-electron chi connectivity index (χ2n) is 6.97. The molecule has 2 saturated carbocycles. The van der Waals surface area contributed by atoms with Crippen LogP contribution in [0.5, 0.6) is 0 Å². The molecule has 0 saturated heterocycles. The Morgan fingerprint density at radius 3 is 2.45 bits per heavy atom. The molecule has 2 fully saturated rings. The molecule has 1 aromatic rings. The Morgan fingerprint density at radius 2 is 1.85 bits per heavy atom. The van der Waals surface area contributed by atoms with E-state index in [1.165, 1.54) is 24.8 Å². The zero-order chi connectivity index (χ0) is 14.2. The van der Waals surface area contributed by atoms with Gasteiger partial charge in [0.05, 0.1) is 5.60 Å². The number of aliphatic hydroxyl groups is 1. The predicted molar refractivity (Wildman–Crippen MR) is 83.6 cm³/mol. The third kappa shape index (κ3) is 2.13. The standard InChI is InChI=1S/C19H26O/c1-3-19(20,16-12-8-5-9-13-16)17-14-18(17,2)15-10-6-4-7-11-15/h3-4,6-7,10-11,16-17,20H,1,5,8-9,12-14H2,2H3/t17-,18+,19-/m1/s1. The van der Waals surface area contributed by atoms with E-state index in [-0.39, 0.29) is 5.41 Å². The van der Waals surface area contributed by atoms with Gasteiger partial charge in [0, 0.05) is 5.92 Å². The van der Waals surface area contributed by atoms with Gasteiger partial charge in [-0.25, -0.2) is 0 Å². The molecular weight excluding hydrogens is 244 g/mol. The maximum absolute atomic E-state index is 11.3. The molecule has 0 amide bonds. The van der Waals surface area contributed by atoms with Crippen LogP contribution >= 0.6 is 0 Å². The Bertz CT molecular complexity index is 474. The van der Waals surface area contributed by atoms with Crippen LogP contribution in [0.25, 0.3) is 0 Å². The van der Waals surface area contributed by atoms with E-state index in [0.29, 0.717) is 11.8 Å². The van der Waals surface area contributed by atoms with E-state index in [1.54, 1.807) is 0 Å². The largest absolute Gasteiger partial charge is 0.385 e. The lowest BCUT2D eigenvalue weighted by Gasteiger charge is -2.38. The van der Waals surface area contributed by atoms with Crippen LogP contribution in [0.4, 0.5) is 0 Å². The predicted octanol–water partition coefficient (Wildman–Crippen LogP) is 4.46. The third-order valence-electron chi connectivity index (χ3n) is 5.81. The molecule has 20 heavy (non-hydrogen) atoms. The summed E-state index contributed by atoms with van der Waals surface area (Å²) >= 11 is 0. The van der Waals surface area contributed by atoms with Crippen molar-refractivity contribution in [3.63, 3.8) is 0 Å². The maximum Gasteiger partial charge on any atom is 0.0889 e. The Hall–Kier alpha value is -1.08. The van der Waals surface area contributed by atoms with E-state index in [9.17, 15) is 5.11 Å². The van der Waals surface area contributed by atoms with Crippen molar-refractivity contribution in [3.8, 4) is 0 Å². The fourth-order valence-electron chi connectivity index (χ4n) is 4.34. The van der Waals surface area contributed by atoms with Crippen LogP contribution in [0.2, 0.25) is 0 Å². The van der Waals surface area contributed by atoms with Crippen LogP contribution in [-0.4, -0.2) is 10.7 Å². The third-order valence-corrected chi connectivity index (χ3v) is 5.81. The Labute approximate surface area is 122 Å². The first-order valence-electron chi connectivity index (χ1n) is 8.03. The molecule has 0 unspecified atom stereocenters. The molecule has 2 aliphatic rings. The molecule has 0 aromatic heterocycles. The van der Waals surface area contributed by atoms with Crippen molar-refractivity contribution in [2.45, 2.75) is 56.5 Å². The summed E-state index contributed by atoms with van der Waals surface area (Å²) < 4.78 is 0. The molecule has 108 valence electrons. The average molecular weight is 270 g/mol. The van der Waals surface area contributed by atoms with Crippen molar-refractivity contribution in [2.75, 3.05) is 0 Å². The van der Waals surface area contributed by atoms with E-state index < -0.39 is 5.60 Å². The van der Waals surface area contributed by atoms with Crippen LogP contribution in [0.1, 0.15) is 51.0 Å². The normalized spacial score (nSPS) is 33.4. The summed E-state index contributed by atoms with van der Waals surface area (Å²) in [5.74, 6) is 0.738. The summed E-state index contributed by atoms with van der Waals surface area (Å²) in [5.41, 5.74) is 0.813. The minimum absolute atomic E-state index is 0.127. The number of benzene rings is 1. The molecule has 0 bridgehead atoms. The molecule has 1 nitrogen and oxygen atoms in total. The van der Waals surface area contributed by atoms with Crippen LogP contribution in [0.15, 0.2) is 43.0 Å². The monoisotopic (exact) mass is 270 g/mol. The van der Waals surface area contributed by atoms with E-state index in [1.807, 2.05) is 6.08 Å². The SMILES string of the molecule is C=C[C@@](O)(C1CCCCC1)[C@@H]1C[C@@]1(C)c1ccccc1. The van der Waals surface area contributed by atoms with Gasteiger partial charge in [0.1, 0.15) is 0 Å². The fourth-order valence-corrected chi connectivity index (χ4v) is 4.34. The minimum Gasteiger partial charge on any atom is -0.385 e. The molecule has 0 aliphatic heterocycles. The first-order valence-corrected chi connectivity index (χ1v) is 8.03. The molecule has 3 rings (SSSR count). The molecule has 1 heteroatoms. The van der Waals surface area contributed by atoms with Gasteiger partial charge < -0.3 is 5.11 Å². The van der Waals surface area contributed by atoms with E-state index in [2.05, 4.69) is 43.8 Å². The van der Waals surface area contributed by atoms with E-state index in [4.69, 9.17) is 0 Å². The zero-order valence-corrected chi connectivity index (χ0v) is 12.5. The van der Waals surface area contributed by atoms with Gasteiger partial charge >= 0.3 is 0 Å². The highest BCUT2D eigenvalue weighted by Crippen LogP contribution is 2.61. The molecule has 1 aromatic carbocycles. The lowest BCUT2D eigenvalue weighted by Crippen LogP contribution is -2.41. The second kappa shape index (κ2) is 5.04. The smallest absolute Gasteiger partial charge is 0.0889 e. The lowest BCUT2D eigenvalue weighted by atomic mass is 9.72. The van der Waals surface area contributed by atoms with Crippen molar-refractivity contribution < 1.29 is 5.11 Å². The summed E-state index contributed by atoms with van der Waals surface area (Å²) in [4.78, 5) is 0. The molecule has 3 atom stereocenters. The zero-order valence-electron chi connectivity index (χ0n) is 12.5. The average Bonchev–Trinajstić information content (AvgIpc) is 3.22. The van der Waals surface area contributed by atoms with E-state index in [0.717, 1.165) is 19.3 Å². The number of hydrogen-bond acceptors (Lipinski definition) is 1. The lowest BCUT2D eigenvalue weighted by molar-refractivity contribution is -0.0143. The second-order valence-corrected chi connectivity index (χ2v) is 6.97. The number of rotatable bonds is 4. The highest BCUT2D eigenvalue weighted by atomic mass is 16.3. The summed E-state index contributed by atoms with van der Waals surface area (Å²) in [6.07, 6.45) is 9.08. The summed E-state index contributed by atoms with van der Waals surface area (Å²) in [7, 11) is 0. The Morgan fingerprint density at radius 1 is 1.20 bits per heavy atom. The van der Waals surface area contributed by atoms with Crippen LogP contribution in [-0.2, 0) is 5.41 Å². The van der Waals surface area contributed by atoms with Gasteiger partial charge in [0.25, 0.3) is 0 Å². The summed E-state index contributed by atoms with van der Waals surface area (Å²) in [6, 6.07) is 10.7. The van der Waals surface area contributed by atoms with Gasteiger partial charge in [-0.2, -0.15) is 0 Å². The van der Waals surface area contributed by atoms with Gasteiger partial charge in [0.15, 0.2) is 0 Å². The molecule has 0 radical (unpaired) electrons. The van der Waals surface area contributed by atoms with Gasteiger partial charge in [-0.05, 0) is 36.2 Å². The highest BCUT2D eigenvalue weighted by molar-refractivity contribution is 5.36. The molecular formula is C19H26O. The number of hydrogen-bond donors (Lipinski definition) is 1. The molecule has 0 spiro atoms. The van der Waals surface area contributed by atoms with Crippen LogP contribution in [0, 0.1) is 11.8 Å². The fraction of sp³-hybridized carbons (Fsp3) is 0.579. The first kappa shape index (κ1) is 13.9.